The van der Waals surface area contributed by atoms with E-state index in [1.165, 1.54) is 0 Å². The van der Waals surface area contributed by atoms with E-state index in [4.69, 9.17) is 19.4 Å². The molecule has 1 fully saturated rings. The maximum atomic E-state index is 9.56. The van der Waals surface area contributed by atoms with E-state index in [0.717, 1.165) is 80.8 Å². The van der Waals surface area contributed by atoms with E-state index in [9.17, 15) is 5.11 Å². The number of hydrogen-bond acceptors (Lipinski definition) is 8. The number of rotatable bonds is 6. The number of aryl methyl sites for hydroxylation is 2. The summed E-state index contributed by atoms with van der Waals surface area (Å²) in [4.78, 5) is 8.40. The molecule has 0 spiro atoms. The predicted molar refractivity (Wildman–Crippen MR) is 134 cm³/mol. The minimum absolute atomic E-state index is 0.0188. The van der Waals surface area contributed by atoms with Crippen LogP contribution in [-0.2, 0) is 6.54 Å². The van der Waals surface area contributed by atoms with E-state index in [1.54, 1.807) is 7.11 Å². The minimum atomic E-state index is -0.126. The molecular weight excluding hydrogens is 446 g/mol. The summed E-state index contributed by atoms with van der Waals surface area (Å²) in [6.45, 7) is 6.28. The molecule has 2 aliphatic rings. The average Bonchev–Trinajstić information content (AvgIpc) is 3.40. The highest BCUT2D eigenvalue weighted by atomic mass is 16.5. The average molecular weight is 476 g/mol. The van der Waals surface area contributed by atoms with E-state index < -0.39 is 0 Å². The number of benzene rings is 1. The van der Waals surface area contributed by atoms with Crippen molar-refractivity contribution in [2.75, 3.05) is 24.4 Å². The SMILES string of the molecule is COc1cc2c3c([nH]c2cc1-c1c(C)noc1C)NC(C)N=C3Nc1cc(C2CC2)nn1CCO. The fourth-order valence-corrected chi connectivity index (χ4v) is 4.90. The number of hydrogen-bond donors (Lipinski definition) is 4. The summed E-state index contributed by atoms with van der Waals surface area (Å²) >= 11 is 0. The van der Waals surface area contributed by atoms with Crippen molar-refractivity contribution in [3.05, 3.63) is 40.9 Å². The summed E-state index contributed by atoms with van der Waals surface area (Å²) in [5.74, 6) is 4.45. The molecule has 0 amide bonds. The van der Waals surface area contributed by atoms with Crippen molar-refractivity contribution in [1.82, 2.24) is 19.9 Å². The second kappa shape index (κ2) is 8.16. The third-order valence-electron chi connectivity index (χ3n) is 6.69. The monoisotopic (exact) mass is 475 g/mol. The highest BCUT2D eigenvalue weighted by molar-refractivity contribution is 6.20. The molecule has 1 aromatic carbocycles. The summed E-state index contributed by atoms with van der Waals surface area (Å²) < 4.78 is 13.0. The number of aliphatic hydroxyl groups excluding tert-OH is 1. The summed E-state index contributed by atoms with van der Waals surface area (Å²) in [5.41, 5.74) is 5.62. The fourth-order valence-electron chi connectivity index (χ4n) is 4.90. The van der Waals surface area contributed by atoms with Crippen LogP contribution in [0.5, 0.6) is 5.75 Å². The molecule has 4 heterocycles. The van der Waals surface area contributed by atoms with Crippen LogP contribution in [0.15, 0.2) is 27.7 Å². The largest absolute Gasteiger partial charge is 0.496 e. The number of amidine groups is 1. The van der Waals surface area contributed by atoms with Gasteiger partial charge in [0.25, 0.3) is 0 Å². The summed E-state index contributed by atoms with van der Waals surface area (Å²) in [6, 6.07) is 6.18. The minimum Gasteiger partial charge on any atom is -0.496 e. The lowest BCUT2D eigenvalue weighted by atomic mass is 10.00. The highest BCUT2D eigenvalue weighted by Gasteiger charge is 2.29. The molecule has 3 aromatic heterocycles. The zero-order valence-corrected chi connectivity index (χ0v) is 20.3. The lowest BCUT2D eigenvalue weighted by Gasteiger charge is -2.21. The Balaban J connectivity index is 1.46. The number of methoxy groups -OCH3 is 1. The van der Waals surface area contributed by atoms with Crippen LogP contribution in [0, 0.1) is 13.8 Å². The second-order valence-corrected chi connectivity index (χ2v) is 9.27. The molecule has 0 radical (unpaired) electrons. The molecule has 6 rings (SSSR count). The van der Waals surface area contributed by atoms with E-state index >= 15 is 0 Å². The maximum absolute atomic E-state index is 9.56. The number of fused-ring (bicyclic) bond motifs is 3. The first-order valence-corrected chi connectivity index (χ1v) is 11.9. The van der Waals surface area contributed by atoms with Crippen LogP contribution in [-0.4, -0.2) is 50.7 Å². The Morgan fingerprint density at radius 1 is 1.23 bits per heavy atom. The van der Waals surface area contributed by atoms with Crippen molar-refractivity contribution < 1.29 is 14.4 Å². The summed E-state index contributed by atoms with van der Waals surface area (Å²) in [7, 11) is 1.67. The summed E-state index contributed by atoms with van der Waals surface area (Å²) in [5, 5.41) is 26.3. The number of H-pyrrole nitrogens is 1. The van der Waals surface area contributed by atoms with Gasteiger partial charge in [0.1, 0.15) is 35.1 Å². The molecule has 1 unspecified atom stereocenters. The molecule has 0 bridgehead atoms. The lowest BCUT2D eigenvalue weighted by molar-refractivity contribution is 0.270. The quantitative estimate of drug-likeness (QED) is 0.330. The van der Waals surface area contributed by atoms with Gasteiger partial charge in [-0.1, -0.05) is 5.16 Å². The highest BCUT2D eigenvalue weighted by Crippen LogP contribution is 2.42. The van der Waals surface area contributed by atoms with Gasteiger partial charge in [-0.3, -0.25) is 0 Å². The third-order valence-corrected chi connectivity index (χ3v) is 6.69. The van der Waals surface area contributed by atoms with Crippen LogP contribution in [0.1, 0.15) is 48.4 Å². The zero-order chi connectivity index (χ0) is 24.3. The first kappa shape index (κ1) is 21.7. The first-order valence-electron chi connectivity index (χ1n) is 11.9. The molecule has 4 aromatic rings. The van der Waals surface area contributed by atoms with Gasteiger partial charge >= 0.3 is 0 Å². The molecular formula is C25H29N7O3. The normalized spacial score (nSPS) is 17.3. The van der Waals surface area contributed by atoms with Crippen LogP contribution in [0.3, 0.4) is 0 Å². The van der Waals surface area contributed by atoms with Crippen molar-refractivity contribution >= 4 is 28.4 Å². The van der Waals surface area contributed by atoms with Gasteiger partial charge < -0.3 is 30.0 Å². The maximum Gasteiger partial charge on any atom is 0.141 e. The number of nitrogens with one attached hydrogen (secondary N) is 3. The molecule has 4 N–H and O–H groups in total. The van der Waals surface area contributed by atoms with E-state index in [2.05, 4.69) is 32.9 Å². The van der Waals surface area contributed by atoms with E-state index in [1.807, 2.05) is 31.5 Å². The Bertz CT molecular complexity index is 1440. The Hall–Kier alpha value is -3.79. The number of ether oxygens (including phenoxy) is 1. The van der Waals surface area contributed by atoms with Gasteiger partial charge in [0.05, 0.1) is 42.8 Å². The number of aromatic nitrogens is 4. The van der Waals surface area contributed by atoms with Crippen molar-refractivity contribution in [2.24, 2.45) is 4.99 Å². The van der Waals surface area contributed by atoms with Crippen LogP contribution in [0.4, 0.5) is 11.6 Å². The molecule has 10 heteroatoms. The van der Waals surface area contributed by atoms with Gasteiger partial charge in [-0.25, -0.2) is 9.67 Å². The lowest BCUT2D eigenvalue weighted by Crippen LogP contribution is -2.28. The second-order valence-electron chi connectivity index (χ2n) is 9.27. The van der Waals surface area contributed by atoms with Gasteiger partial charge in [-0.15, -0.1) is 0 Å². The number of aromatic amines is 1. The van der Waals surface area contributed by atoms with Gasteiger partial charge in [-0.2, -0.15) is 5.10 Å². The molecule has 1 aliphatic carbocycles. The van der Waals surface area contributed by atoms with E-state index in [0.29, 0.717) is 12.5 Å². The Labute approximate surface area is 202 Å². The van der Waals surface area contributed by atoms with Crippen molar-refractivity contribution in [2.45, 2.75) is 52.2 Å². The number of aliphatic imine (C=N–C) groups is 1. The Morgan fingerprint density at radius 2 is 2.06 bits per heavy atom. The first-order chi connectivity index (χ1) is 17.0. The van der Waals surface area contributed by atoms with Crippen molar-refractivity contribution in [3.63, 3.8) is 0 Å². The molecule has 10 nitrogen and oxygen atoms in total. The third kappa shape index (κ3) is 3.65. The predicted octanol–water partition coefficient (Wildman–Crippen LogP) is 4.14. The van der Waals surface area contributed by atoms with Gasteiger partial charge in [-0.05, 0) is 45.7 Å². The number of nitrogens with zero attached hydrogens (tertiary/aromatic N) is 4. The van der Waals surface area contributed by atoms with Crippen molar-refractivity contribution in [1.29, 1.82) is 0 Å². The van der Waals surface area contributed by atoms with Crippen molar-refractivity contribution in [3.8, 4) is 16.9 Å². The number of anilines is 2. The van der Waals surface area contributed by atoms with Crippen LogP contribution >= 0.6 is 0 Å². The molecule has 35 heavy (non-hydrogen) atoms. The van der Waals surface area contributed by atoms with Gasteiger partial charge in [0.2, 0.25) is 0 Å². The molecule has 1 aliphatic heterocycles. The molecule has 182 valence electrons. The van der Waals surface area contributed by atoms with E-state index in [-0.39, 0.29) is 12.8 Å². The Morgan fingerprint density at radius 3 is 2.74 bits per heavy atom. The fraction of sp³-hybridized carbons (Fsp3) is 0.400. The molecule has 0 saturated heterocycles. The topological polar surface area (TPSA) is 126 Å². The standard InChI is InChI=1S/C25H29N7O3/c1-12-22(13(2)35-31-12)17-9-19-16(10-20(17)34-4)23-24(28-19)26-14(3)27-25(23)29-21-11-18(15-5-6-15)30-32(21)7-8-33/h9-11,14-15,26,28,33H,5-8H2,1-4H3,(H,27,29). The molecule has 1 saturated carbocycles. The van der Waals surface area contributed by atoms with Crippen LogP contribution < -0.4 is 15.4 Å². The van der Waals surface area contributed by atoms with Crippen LogP contribution in [0.25, 0.3) is 22.0 Å². The smallest absolute Gasteiger partial charge is 0.141 e. The zero-order valence-electron chi connectivity index (χ0n) is 20.3. The van der Waals surface area contributed by atoms with Crippen LogP contribution in [0.2, 0.25) is 0 Å². The number of aliphatic hydroxyl groups is 1. The molecule has 1 atom stereocenters. The van der Waals surface area contributed by atoms with Gasteiger partial charge in [0.15, 0.2) is 0 Å². The van der Waals surface area contributed by atoms with Gasteiger partial charge in [0, 0.05) is 28.5 Å². The summed E-state index contributed by atoms with van der Waals surface area (Å²) in [6.07, 6.45) is 2.20. The Kier molecular flexibility index (Phi) is 5.06.